The Hall–Kier alpha value is -0.580. The van der Waals surface area contributed by atoms with E-state index in [2.05, 4.69) is 4.99 Å². The second-order valence-corrected chi connectivity index (χ2v) is 2.23. The molecule has 0 bridgehead atoms. The number of hydrogen-bond acceptors (Lipinski definition) is 4. The minimum atomic E-state index is -0.191. The quantitative estimate of drug-likeness (QED) is 0.694. The summed E-state index contributed by atoms with van der Waals surface area (Å²) in [7, 11) is 1.63. The molecule has 0 aromatic heterocycles. The van der Waals surface area contributed by atoms with Gasteiger partial charge in [-0.1, -0.05) is 0 Å². The van der Waals surface area contributed by atoms with Gasteiger partial charge in [0.15, 0.2) is 0 Å². The molecule has 70 valence electrons. The normalized spacial score (nSPS) is 20.8. The molecule has 1 aliphatic heterocycles. The van der Waals surface area contributed by atoms with Crippen molar-refractivity contribution < 1.29 is 4.74 Å². The molecular weight excluding hydrogens is 178 g/mol. The fourth-order valence-electron chi connectivity index (χ4n) is 0.962. The highest BCUT2D eigenvalue weighted by atomic mass is 35.5. The lowest BCUT2D eigenvalue weighted by molar-refractivity contribution is 0.00262. The van der Waals surface area contributed by atoms with Crippen molar-refractivity contribution in [3.63, 3.8) is 0 Å². The van der Waals surface area contributed by atoms with E-state index >= 15 is 0 Å². The highest BCUT2D eigenvalue weighted by Crippen LogP contribution is 2.05. The van der Waals surface area contributed by atoms with Crippen molar-refractivity contribution in [2.75, 3.05) is 20.2 Å². The van der Waals surface area contributed by atoms with E-state index in [0.717, 1.165) is 6.54 Å². The van der Waals surface area contributed by atoms with Crippen molar-refractivity contribution >= 4 is 18.6 Å². The molecule has 1 atom stereocenters. The van der Waals surface area contributed by atoms with Crippen LogP contribution in [0, 0.1) is 0 Å². The SMILES string of the molecule is COC1N=CC=CN1CCN.Cl. The number of nitrogens with zero attached hydrogens (tertiary/aromatic N) is 2. The van der Waals surface area contributed by atoms with Crippen LogP contribution in [0.4, 0.5) is 0 Å². The number of aliphatic imine (C=N–C) groups is 1. The first-order valence-corrected chi connectivity index (χ1v) is 3.57. The van der Waals surface area contributed by atoms with Crippen molar-refractivity contribution in [3.8, 4) is 0 Å². The molecule has 0 aromatic rings. The molecule has 5 heteroatoms. The van der Waals surface area contributed by atoms with Crippen LogP contribution >= 0.6 is 12.4 Å². The first-order valence-electron chi connectivity index (χ1n) is 3.57. The zero-order chi connectivity index (χ0) is 8.10. The number of halogens is 1. The van der Waals surface area contributed by atoms with Gasteiger partial charge < -0.3 is 15.4 Å². The maximum absolute atomic E-state index is 5.39. The number of methoxy groups -OCH3 is 1. The minimum absolute atomic E-state index is 0. The Kier molecular flexibility index (Phi) is 5.70. The molecule has 0 saturated carbocycles. The number of ether oxygens (including phenoxy) is 1. The molecule has 0 radical (unpaired) electrons. The van der Waals surface area contributed by atoms with Crippen molar-refractivity contribution in [1.29, 1.82) is 0 Å². The van der Waals surface area contributed by atoms with Crippen LogP contribution in [0.2, 0.25) is 0 Å². The first kappa shape index (κ1) is 11.4. The second kappa shape index (κ2) is 5.99. The molecule has 1 aliphatic rings. The maximum Gasteiger partial charge on any atom is 0.227 e. The lowest BCUT2D eigenvalue weighted by Crippen LogP contribution is -2.36. The molecule has 1 heterocycles. The fraction of sp³-hybridized carbons (Fsp3) is 0.571. The topological polar surface area (TPSA) is 50.8 Å². The molecule has 4 nitrogen and oxygen atoms in total. The van der Waals surface area contributed by atoms with Crippen LogP contribution in [0.15, 0.2) is 17.3 Å². The summed E-state index contributed by atoms with van der Waals surface area (Å²) in [5, 5.41) is 0. The van der Waals surface area contributed by atoms with E-state index in [1.807, 2.05) is 17.2 Å². The van der Waals surface area contributed by atoms with E-state index in [4.69, 9.17) is 10.5 Å². The van der Waals surface area contributed by atoms with E-state index < -0.39 is 0 Å². The standard InChI is InChI=1S/C7H13N3O.ClH/c1-11-7-9-4-2-5-10(7)6-3-8;/h2,4-5,7H,3,6,8H2,1H3;1H. The molecule has 0 fully saturated rings. The van der Waals surface area contributed by atoms with Crippen LogP contribution in [0.5, 0.6) is 0 Å². The monoisotopic (exact) mass is 191 g/mol. The van der Waals surface area contributed by atoms with Gasteiger partial charge in [0.05, 0.1) is 0 Å². The largest absolute Gasteiger partial charge is 0.342 e. The Balaban J connectivity index is 0.00000121. The maximum atomic E-state index is 5.39. The average Bonchev–Trinajstić information content (AvgIpc) is 2.06. The highest BCUT2D eigenvalue weighted by molar-refractivity contribution is 5.85. The van der Waals surface area contributed by atoms with Gasteiger partial charge in [-0.15, -0.1) is 12.4 Å². The highest BCUT2D eigenvalue weighted by Gasteiger charge is 2.12. The number of rotatable bonds is 3. The van der Waals surface area contributed by atoms with Gasteiger partial charge in [-0.05, 0) is 6.08 Å². The van der Waals surface area contributed by atoms with E-state index in [0.29, 0.717) is 6.54 Å². The fourth-order valence-corrected chi connectivity index (χ4v) is 0.962. The van der Waals surface area contributed by atoms with Crippen molar-refractivity contribution in [2.24, 2.45) is 10.7 Å². The van der Waals surface area contributed by atoms with Crippen LogP contribution in [0.1, 0.15) is 0 Å². The van der Waals surface area contributed by atoms with Crippen molar-refractivity contribution in [3.05, 3.63) is 12.3 Å². The summed E-state index contributed by atoms with van der Waals surface area (Å²) >= 11 is 0. The summed E-state index contributed by atoms with van der Waals surface area (Å²) in [5.74, 6) is 0. The Morgan fingerprint density at radius 3 is 3.00 bits per heavy atom. The number of hydrogen-bond donors (Lipinski definition) is 1. The van der Waals surface area contributed by atoms with Gasteiger partial charge in [-0.2, -0.15) is 0 Å². The van der Waals surface area contributed by atoms with Crippen LogP contribution < -0.4 is 5.73 Å². The molecule has 0 amide bonds. The Morgan fingerprint density at radius 1 is 1.67 bits per heavy atom. The van der Waals surface area contributed by atoms with Gasteiger partial charge in [0, 0.05) is 32.6 Å². The van der Waals surface area contributed by atoms with E-state index in [1.165, 1.54) is 0 Å². The zero-order valence-corrected chi connectivity index (χ0v) is 7.83. The molecule has 12 heavy (non-hydrogen) atoms. The summed E-state index contributed by atoms with van der Waals surface area (Å²) in [6.45, 7) is 1.38. The summed E-state index contributed by atoms with van der Waals surface area (Å²) in [6, 6.07) is 0. The van der Waals surface area contributed by atoms with Gasteiger partial charge in [0.25, 0.3) is 0 Å². The number of allylic oxidation sites excluding steroid dienone is 1. The Bertz CT molecular complexity index is 172. The van der Waals surface area contributed by atoms with Crippen LogP contribution in [-0.2, 0) is 4.74 Å². The van der Waals surface area contributed by atoms with Crippen molar-refractivity contribution in [2.45, 2.75) is 6.35 Å². The van der Waals surface area contributed by atoms with Crippen LogP contribution in [0.3, 0.4) is 0 Å². The van der Waals surface area contributed by atoms with E-state index in [-0.39, 0.29) is 18.8 Å². The molecule has 0 saturated heterocycles. The number of nitrogens with two attached hydrogens (primary N) is 1. The molecule has 1 unspecified atom stereocenters. The molecule has 2 N–H and O–H groups in total. The second-order valence-electron chi connectivity index (χ2n) is 2.23. The average molecular weight is 192 g/mol. The summed E-state index contributed by atoms with van der Waals surface area (Å²) in [6.07, 6.45) is 5.32. The molecular formula is C7H14ClN3O. The van der Waals surface area contributed by atoms with E-state index in [1.54, 1.807) is 13.3 Å². The minimum Gasteiger partial charge on any atom is -0.342 e. The summed E-state index contributed by atoms with van der Waals surface area (Å²) < 4.78 is 5.08. The van der Waals surface area contributed by atoms with Crippen LogP contribution in [-0.4, -0.2) is 37.7 Å². The summed E-state index contributed by atoms with van der Waals surface area (Å²) in [5.41, 5.74) is 5.39. The predicted octanol–water partition coefficient (Wildman–Crippen LogP) is 0.197. The van der Waals surface area contributed by atoms with Crippen molar-refractivity contribution in [1.82, 2.24) is 4.90 Å². The van der Waals surface area contributed by atoms with E-state index in [9.17, 15) is 0 Å². The third-order valence-electron chi connectivity index (χ3n) is 1.46. The van der Waals surface area contributed by atoms with Gasteiger partial charge >= 0.3 is 0 Å². The predicted molar refractivity (Wildman–Crippen MR) is 51.4 cm³/mol. The lowest BCUT2D eigenvalue weighted by atomic mass is 10.5. The molecule has 1 rings (SSSR count). The zero-order valence-electron chi connectivity index (χ0n) is 7.01. The Labute approximate surface area is 78.5 Å². The third kappa shape index (κ3) is 2.81. The molecule has 0 aromatic carbocycles. The Morgan fingerprint density at radius 2 is 2.42 bits per heavy atom. The molecule has 0 aliphatic carbocycles. The third-order valence-corrected chi connectivity index (χ3v) is 1.46. The lowest BCUT2D eigenvalue weighted by Gasteiger charge is -2.27. The summed E-state index contributed by atoms with van der Waals surface area (Å²) in [4.78, 5) is 6.03. The van der Waals surface area contributed by atoms with Gasteiger partial charge in [-0.3, -0.25) is 0 Å². The van der Waals surface area contributed by atoms with Crippen LogP contribution in [0.25, 0.3) is 0 Å². The smallest absolute Gasteiger partial charge is 0.227 e. The van der Waals surface area contributed by atoms with Gasteiger partial charge in [0.1, 0.15) is 0 Å². The van der Waals surface area contributed by atoms with Gasteiger partial charge in [-0.25, -0.2) is 4.99 Å². The first-order chi connectivity index (χ1) is 5.38. The van der Waals surface area contributed by atoms with Gasteiger partial charge in [0.2, 0.25) is 6.35 Å². The molecule has 0 spiro atoms.